The molecule has 5 nitrogen and oxygen atoms in total. The van der Waals surface area contributed by atoms with Crippen molar-refractivity contribution in [2.24, 2.45) is 5.92 Å². The van der Waals surface area contributed by atoms with Crippen molar-refractivity contribution in [1.82, 2.24) is 0 Å². The number of hydrogen-bond donors (Lipinski definition) is 1. The van der Waals surface area contributed by atoms with Crippen LogP contribution >= 0.6 is 0 Å². The Labute approximate surface area is 144 Å². The summed E-state index contributed by atoms with van der Waals surface area (Å²) in [5.74, 6) is 0.0626. The summed E-state index contributed by atoms with van der Waals surface area (Å²) in [6.07, 6.45) is 7.59. The lowest BCUT2D eigenvalue weighted by Crippen LogP contribution is -2.21. The summed E-state index contributed by atoms with van der Waals surface area (Å²) in [7, 11) is 3.92. The van der Waals surface area contributed by atoms with E-state index in [1.807, 2.05) is 43.3 Å². The third-order valence-electron chi connectivity index (χ3n) is 4.51. The number of nitrogens with zero attached hydrogens (tertiary/aromatic N) is 1. The largest absolute Gasteiger partial charge is 0.456 e. The summed E-state index contributed by atoms with van der Waals surface area (Å²) in [6.45, 7) is -0.223. The van der Waals surface area contributed by atoms with Crippen LogP contribution in [-0.4, -0.2) is 32.6 Å². The van der Waals surface area contributed by atoms with Crippen LogP contribution in [0.25, 0.3) is 0 Å². The first kappa shape index (κ1) is 18.3. The van der Waals surface area contributed by atoms with E-state index in [-0.39, 0.29) is 18.5 Å². The fourth-order valence-electron chi connectivity index (χ4n) is 3.06. The minimum atomic E-state index is -0.307. The number of benzene rings is 1. The Morgan fingerprint density at radius 1 is 1.12 bits per heavy atom. The van der Waals surface area contributed by atoms with Gasteiger partial charge in [0.15, 0.2) is 6.61 Å². The van der Waals surface area contributed by atoms with Gasteiger partial charge < -0.3 is 15.0 Å². The number of carbonyl (C=O) groups is 2. The number of esters is 1. The lowest BCUT2D eigenvalue weighted by atomic mass is 9.86. The Balaban J connectivity index is 1.65. The predicted molar refractivity (Wildman–Crippen MR) is 96.2 cm³/mol. The molecule has 1 amide bonds. The molecule has 0 heterocycles. The fourth-order valence-corrected chi connectivity index (χ4v) is 3.06. The maximum atomic E-state index is 11.8. The topological polar surface area (TPSA) is 58.6 Å². The van der Waals surface area contributed by atoms with Crippen LogP contribution in [0.4, 0.5) is 11.4 Å². The fraction of sp³-hybridized carbons (Fsp3) is 0.579. The lowest BCUT2D eigenvalue weighted by Gasteiger charge is -2.20. The minimum Gasteiger partial charge on any atom is -0.456 e. The van der Waals surface area contributed by atoms with E-state index in [4.69, 9.17) is 4.74 Å². The number of anilines is 2. The summed E-state index contributed by atoms with van der Waals surface area (Å²) >= 11 is 0. The van der Waals surface area contributed by atoms with Gasteiger partial charge in [-0.05, 0) is 36.6 Å². The van der Waals surface area contributed by atoms with E-state index in [1.54, 1.807) is 0 Å². The van der Waals surface area contributed by atoms with Gasteiger partial charge in [0.1, 0.15) is 0 Å². The van der Waals surface area contributed by atoms with Crippen LogP contribution in [-0.2, 0) is 14.3 Å². The summed E-state index contributed by atoms with van der Waals surface area (Å²) in [4.78, 5) is 25.6. The summed E-state index contributed by atoms with van der Waals surface area (Å²) in [6, 6.07) is 7.51. The molecule has 0 atom stereocenters. The molecule has 0 saturated heterocycles. The molecule has 0 spiro atoms. The van der Waals surface area contributed by atoms with Gasteiger partial charge in [-0.2, -0.15) is 0 Å². The van der Waals surface area contributed by atoms with E-state index >= 15 is 0 Å². The van der Waals surface area contributed by atoms with Crippen molar-refractivity contribution >= 4 is 23.3 Å². The van der Waals surface area contributed by atoms with E-state index < -0.39 is 0 Å². The van der Waals surface area contributed by atoms with Crippen molar-refractivity contribution in [3.63, 3.8) is 0 Å². The third kappa shape index (κ3) is 6.22. The SMILES string of the molecule is CN(C)c1ccc(NC(=O)COC(=O)CCC2CCCCC2)cc1. The molecule has 1 aliphatic rings. The molecule has 5 heteroatoms. The van der Waals surface area contributed by atoms with Crippen molar-refractivity contribution < 1.29 is 14.3 Å². The highest BCUT2D eigenvalue weighted by Gasteiger charge is 2.16. The van der Waals surface area contributed by atoms with E-state index in [1.165, 1.54) is 32.1 Å². The first-order valence-electron chi connectivity index (χ1n) is 8.77. The van der Waals surface area contributed by atoms with Gasteiger partial charge in [0.05, 0.1) is 0 Å². The molecular formula is C19H28N2O3. The zero-order valence-electron chi connectivity index (χ0n) is 14.7. The maximum Gasteiger partial charge on any atom is 0.306 e. The van der Waals surface area contributed by atoms with E-state index in [9.17, 15) is 9.59 Å². The Morgan fingerprint density at radius 3 is 2.42 bits per heavy atom. The second kappa shape index (κ2) is 9.30. The van der Waals surface area contributed by atoms with Gasteiger partial charge in [-0.25, -0.2) is 0 Å². The standard InChI is InChI=1S/C19H28N2O3/c1-21(2)17-11-9-16(10-12-17)20-18(22)14-24-19(23)13-8-15-6-4-3-5-7-15/h9-12,15H,3-8,13-14H2,1-2H3,(H,20,22). The first-order valence-corrected chi connectivity index (χ1v) is 8.77. The molecule has 1 aromatic carbocycles. The van der Waals surface area contributed by atoms with Gasteiger partial charge in [-0.15, -0.1) is 0 Å². The monoisotopic (exact) mass is 332 g/mol. The quantitative estimate of drug-likeness (QED) is 0.775. The second-order valence-corrected chi connectivity index (χ2v) is 6.69. The van der Waals surface area contributed by atoms with Crippen LogP contribution in [0.15, 0.2) is 24.3 Å². The molecule has 0 unspecified atom stereocenters. The lowest BCUT2D eigenvalue weighted by molar-refractivity contribution is -0.147. The summed E-state index contributed by atoms with van der Waals surface area (Å²) < 4.78 is 5.07. The van der Waals surface area contributed by atoms with Crippen LogP contribution in [0, 0.1) is 5.92 Å². The van der Waals surface area contributed by atoms with Crippen LogP contribution in [0.2, 0.25) is 0 Å². The number of carbonyl (C=O) groups excluding carboxylic acids is 2. The van der Waals surface area contributed by atoms with Crippen molar-refractivity contribution in [3.05, 3.63) is 24.3 Å². The number of hydrogen-bond acceptors (Lipinski definition) is 4. The molecule has 132 valence electrons. The number of amides is 1. The van der Waals surface area contributed by atoms with Gasteiger partial charge in [0, 0.05) is 31.9 Å². The molecule has 2 rings (SSSR count). The Kier molecular flexibility index (Phi) is 7.09. The van der Waals surface area contributed by atoms with Crippen LogP contribution in [0.5, 0.6) is 0 Å². The van der Waals surface area contributed by atoms with Crippen LogP contribution in [0.1, 0.15) is 44.9 Å². The van der Waals surface area contributed by atoms with E-state index in [0.717, 1.165) is 12.1 Å². The third-order valence-corrected chi connectivity index (χ3v) is 4.51. The van der Waals surface area contributed by atoms with Gasteiger partial charge >= 0.3 is 5.97 Å². The molecule has 1 N–H and O–H groups in total. The number of ether oxygens (including phenoxy) is 1. The molecule has 0 aromatic heterocycles. The number of nitrogens with one attached hydrogen (secondary N) is 1. The molecule has 1 fully saturated rings. The van der Waals surface area contributed by atoms with E-state index in [0.29, 0.717) is 18.0 Å². The highest BCUT2D eigenvalue weighted by Crippen LogP contribution is 2.27. The van der Waals surface area contributed by atoms with Crippen molar-refractivity contribution in [2.45, 2.75) is 44.9 Å². The average Bonchev–Trinajstić information content (AvgIpc) is 2.59. The van der Waals surface area contributed by atoms with Crippen molar-refractivity contribution in [1.29, 1.82) is 0 Å². The smallest absolute Gasteiger partial charge is 0.306 e. The Hall–Kier alpha value is -2.04. The molecular weight excluding hydrogens is 304 g/mol. The van der Waals surface area contributed by atoms with Gasteiger partial charge in [0.2, 0.25) is 0 Å². The highest BCUT2D eigenvalue weighted by molar-refractivity contribution is 5.92. The van der Waals surface area contributed by atoms with Gasteiger partial charge in [0.25, 0.3) is 5.91 Å². The van der Waals surface area contributed by atoms with Gasteiger partial charge in [-0.3, -0.25) is 9.59 Å². The molecule has 24 heavy (non-hydrogen) atoms. The van der Waals surface area contributed by atoms with Crippen molar-refractivity contribution in [3.8, 4) is 0 Å². The molecule has 0 aliphatic heterocycles. The average molecular weight is 332 g/mol. The Morgan fingerprint density at radius 2 is 1.79 bits per heavy atom. The molecule has 1 aliphatic carbocycles. The summed E-state index contributed by atoms with van der Waals surface area (Å²) in [5.41, 5.74) is 1.76. The summed E-state index contributed by atoms with van der Waals surface area (Å²) in [5, 5.41) is 2.73. The zero-order valence-corrected chi connectivity index (χ0v) is 14.7. The molecule has 0 bridgehead atoms. The molecule has 0 radical (unpaired) electrons. The predicted octanol–water partition coefficient (Wildman–Crippen LogP) is 3.59. The normalized spacial score (nSPS) is 14.9. The number of rotatable bonds is 7. The zero-order chi connectivity index (χ0) is 17.4. The second-order valence-electron chi connectivity index (χ2n) is 6.69. The maximum absolute atomic E-state index is 11.8. The first-order chi connectivity index (χ1) is 11.5. The molecule has 1 saturated carbocycles. The van der Waals surface area contributed by atoms with Crippen LogP contribution in [0.3, 0.4) is 0 Å². The minimum absolute atomic E-state index is 0.223. The highest BCUT2D eigenvalue weighted by atomic mass is 16.5. The molecule has 1 aromatic rings. The van der Waals surface area contributed by atoms with Crippen LogP contribution < -0.4 is 10.2 Å². The van der Waals surface area contributed by atoms with Crippen molar-refractivity contribution in [2.75, 3.05) is 30.9 Å². The van der Waals surface area contributed by atoms with Gasteiger partial charge in [-0.1, -0.05) is 32.1 Å². The Bertz CT molecular complexity index is 534. The van der Waals surface area contributed by atoms with E-state index in [2.05, 4.69) is 5.32 Å².